The summed E-state index contributed by atoms with van der Waals surface area (Å²) in [6.07, 6.45) is 0.982. The van der Waals surface area contributed by atoms with E-state index in [2.05, 4.69) is 57.8 Å². The maximum atomic E-state index is 15.1. The Balaban J connectivity index is 1.11. The molecule has 0 bridgehead atoms. The number of H-pyrrole nitrogens is 2. The summed E-state index contributed by atoms with van der Waals surface area (Å²) in [4.78, 5) is 253. The van der Waals surface area contributed by atoms with Crippen LogP contribution in [0.5, 0.6) is 5.75 Å². The van der Waals surface area contributed by atoms with Crippen LogP contribution in [-0.4, -0.2) is 297 Å². The van der Waals surface area contributed by atoms with Crippen LogP contribution in [0.2, 0.25) is 0 Å². The van der Waals surface area contributed by atoms with Crippen molar-refractivity contribution in [3.05, 3.63) is 102 Å². The van der Waals surface area contributed by atoms with Crippen molar-refractivity contribution in [1.82, 2.24) is 82.3 Å². The number of carbonyl (C=O) groups is 17. The van der Waals surface area contributed by atoms with E-state index in [0.717, 1.165) is 36.3 Å². The van der Waals surface area contributed by atoms with Gasteiger partial charge in [0.15, 0.2) is 0 Å². The van der Waals surface area contributed by atoms with Gasteiger partial charge >= 0.3 is 11.9 Å². The number of methoxy groups -OCH3 is 1. The van der Waals surface area contributed by atoms with Gasteiger partial charge in [-0.2, -0.15) is 11.8 Å². The van der Waals surface area contributed by atoms with Crippen molar-refractivity contribution in [2.24, 2.45) is 17.2 Å². The number of ether oxygens (including phenoxy) is 1. The molecule has 650 valence electrons. The Morgan fingerprint density at radius 3 is 1.60 bits per heavy atom. The number of para-hydroxylation sites is 2. The van der Waals surface area contributed by atoms with Gasteiger partial charge in [-0.25, -0.2) is 0 Å². The molecule has 40 heteroatoms. The molecule has 2 aromatic heterocycles. The molecule has 0 spiro atoms. The van der Waals surface area contributed by atoms with Crippen LogP contribution in [0, 0.1) is 0 Å². The topological polar surface area (TPSA) is 574 Å². The molecule has 0 radical (unpaired) electrons. The maximum absolute atomic E-state index is 15.1. The van der Waals surface area contributed by atoms with Crippen LogP contribution in [0.1, 0.15) is 107 Å². The molecule has 0 saturated carbocycles. The fourth-order valence-electron chi connectivity index (χ4n) is 14.7. The molecule has 19 N–H and O–H groups in total. The lowest BCUT2D eigenvalue weighted by molar-refractivity contribution is -0.145. The number of carbonyl (C=O) groups excluding carboxylic acids is 15. The number of unbranched alkanes of at least 4 members (excludes halogenated alkanes) is 1. The number of benzene rings is 3. The molecular formula is C80H109N19O20S. The molecule has 8 rings (SSSR count). The molecule has 11 atom stereocenters. The Hall–Kier alpha value is -12.2. The van der Waals surface area contributed by atoms with Gasteiger partial charge in [0.25, 0.3) is 0 Å². The predicted octanol–water partition coefficient (Wildman–Crippen LogP) is -2.74. The number of amides is 15. The fraction of sp³-hybridized carbons (Fsp3) is 0.512. The SMILES string of the molecule is CCCC[C@H]1C(=O)N[C@@H](CCCN)C(=O)NCCSCC(=O)N[C@@H](Cc2ccc(OC)cc2)C(=O)N(C)CC(=O)N[C@@H](CC(N)=O)C(=O)N2CCCC2C(=O)N[C@@H](CN)C(=O)N[C@@H](CCC(=O)O)C(=O)N2CCCC2C(=O)N[C@@H](Cc2c[nH]c3ccccc23)C(=O)N[C@@H](CC(=O)O)C(=O)N[C@@H](Cc2c[nH]c3ccccc23)C(=O)N(C)CC(=O)N1C. The number of carboxylic acids is 2. The minimum atomic E-state index is -1.99. The summed E-state index contributed by atoms with van der Waals surface area (Å²) in [5, 5.41) is 45.0. The number of thioether (sulfide) groups is 1. The normalized spacial score (nSPS) is 23.9. The quantitative estimate of drug-likeness (QED) is 0.0354. The van der Waals surface area contributed by atoms with Crippen LogP contribution in [0.4, 0.5) is 0 Å². The van der Waals surface area contributed by atoms with Crippen molar-refractivity contribution >= 4 is 134 Å². The summed E-state index contributed by atoms with van der Waals surface area (Å²) in [6, 6.07) is 3.62. The number of primary amides is 1. The minimum absolute atomic E-state index is 0.0184. The lowest BCUT2D eigenvalue weighted by atomic mass is 10.0. The number of nitrogens with two attached hydrogens (primary N) is 3. The minimum Gasteiger partial charge on any atom is -0.497 e. The Bertz CT molecular complexity index is 4540. The van der Waals surface area contributed by atoms with Gasteiger partial charge in [-0.05, 0) is 98.9 Å². The lowest BCUT2D eigenvalue weighted by Gasteiger charge is -2.32. The van der Waals surface area contributed by atoms with E-state index in [4.69, 9.17) is 21.9 Å². The van der Waals surface area contributed by atoms with Crippen LogP contribution in [0.15, 0.2) is 85.2 Å². The second kappa shape index (κ2) is 45.1. The number of hydrogen-bond acceptors (Lipinski definition) is 21. The number of nitrogens with one attached hydrogen (secondary N) is 11. The van der Waals surface area contributed by atoms with E-state index in [0.29, 0.717) is 57.1 Å². The average molecular weight is 1690 g/mol. The smallest absolute Gasteiger partial charge is 0.305 e. The first-order chi connectivity index (χ1) is 57.3. The monoisotopic (exact) mass is 1690 g/mol. The number of hydrogen-bond donors (Lipinski definition) is 16. The molecule has 0 aliphatic carbocycles. The van der Waals surface area contributed by atoms with Crippen LogP contribution in [0.25, 0.3) is 21.8 Å². The maximum Gasteiger partial charge on any atom is 0.305 e. The number of aromatic nitrogens is 2. The van der Waals surface area contributed by atoms with Gasteiger partial charge in [0, 0.05) is 113 Å². The zero-order valence-corrected chi connectivity index (χ0v) is 68.5. The summed E-state index contributed by atoms with van der Waals surface area (Å²) in [7, 11) is 5.34. The van der Waals surface area contributed by atoms with Crippen molar-refractivity contribution in [2.45, 2.75) is 176 Å². The van der Waals surface area contributed by atoms with E-state index < -0.39 is 212 Å². The van der Waals surface area contributed by atoms with Crippen LogP contribution < -0.4 is 69.8 Å². The highest BCUT2D eigenvalue weighted by Gasteiger charge is 2.44. The third-order valence-corrected chi connectivity index (χ3v) is 22.1. The van der Waals surface area contributed by atoms with Crippen molar-refractivity contribution in [2.75, 3.05) is 85.6 Å². The van der Waals surface area contributed by atoms with Crippen LogP contribution in [0.3, 0.4) is 0 Å². The molecule has 39 nitrogen and oxygen atoms in total. The van der Waals surface area contributed by atoms with Gasteiger partial charge < -0.3 is 114 Å². The first kappa shape index (κ1) is 93.3. The highest BCUT2D eigenvalue weighted by molar-refractivity contribution is 7.99. The number of aliphatic carboxylic acids is 2. The van der Waals surface area contributed by atoms with Gasteiger partial charge in [-0.15, -0.1) is 0 Å². The van der Waals surface area contributed by atoms with E-state index in [9.17, 15) is 82.1 Å². The second-order valence-corrected chi connectivity index (χ2v) is 31.0. The van der Waals surface area contributed by atoms with Gasteiger partial charge in [0.2, 0.25) is 88.6 Å². The molecule has 3 aliphatic rings. The molecule has 5 aromatic rings. The summed E-state index contributed by atoms with van der Waals surface area (Å²) in [5.74, 6) is -16.2. The lowest BCUT2D eigenvalue weighted by Crippen LogP contribution is -2.61. The molecule has 15 amide bonds. The molecule has 120 heavy (non-hydrogen) atoms. The van der Waals surface area contributed by atoms with Gasteiger partial charge in [-0.3, -0.25) is 81.5 Å². The summed E-state index contributed by atoms with van der Waals surface area (Å²) >= 11 is 1.08. The second-order valence-electron chi connectivity index (χ2n) is 29.9. The summed E-state index contributed by atoms with van der Waals surface area (Å²) < 4.78 is 5.30. The average Bonchev–Trinajstić information content (AvgIpc) is 1.68. The Morgan fingerprint density at radius 2 is 1.03 bits per heavy atom. The molecular weight excluding hydrogens is 1580 g/mol. The molecule has 3 saturated heterocycles. The highest BCUT2D eigenvalue weighted by atomic mass is 32.2. The standard InChI is InChI=1S/C80H109N19O20S/c1-6-7-20-61-74(112)89-53(19-12-29-81)70(108)84-30-33-120-44-66(102)88-57(34-45-23-25-48(119-5)26-24-45)77(115)95(2)42-65(101)87-59(37-64(83)100)80(118)99-32-14-22-63(99)76(114)94-60(39-82)73(111)90-54(27-28-68(104)105)79(117)98-31-13-21-62(98)75(113)92-55(35-46-40-85-51-17-10-8-15-49(46)51)71(109)91-56(38-69(106)107)72(110)93-58(78(116)96(3)43-67(103)97(61)4)36-47-41-86-52-18-11-9-16-50(47)52/h8-11,15-18,23-26,40-41,53-63,85-86H,6-7,12-14,19-22,27-39,42-44,81-82H2,1-5H3,(H2,83,100)(H,84,108)(H,87,101)(H,88,102)(H,89,112)(H,90,111)(H,91,109)(H,92,113)(H,93,110)(H,94,114)(H,104,105)(H,106,107)/t53-,54-,55-,56-,57-,58-,59-,60-,61-,62?,63?/m0/s1. The number of aromatic amines is 2. The van der Waals surface area contributed by atoms with Gasteiger partial charge in [-0.1, -0.05) is 68.3 Å². The largest absolute Gasteiger partial charge is 0.497 e. The van der Waals surface area contributed by atoms with E-state index in [1.54, 1.807) is 85.2 Å². The summed E-state index contributed by atoms with van der Waals surface area (Å²) in [5.41, 5.74) is 20.4. The number of fused-ring (bicyclic) bond motifs is 4. The third-order valence-electron chi connectivity index (χ3n) is 21.1. The van der Waals surface area contributed by atoms with E-state index >= 15 is 9.59 Å². The third kappa shape index (κ3) is 26.1. The first-order valence-corrected chi connectivity index (χ1v) is 41.0. The molecule has 3 fully saturated rings. The Morgan fingerprint density at radius 1 is 0.517 bits per heavy atom. The highest BCUT2D eigenvalue weighted by Crippen LogP contribution is 2.26. The van der Waals surface area contributed by atoms with Crippen molar-refractivity contribution in [1.29, 1.82) is 0 Å². The molecule has 5 heterocycles. The van der Waals surface area contributed by atoms with E-state index in [1.807, 2.05) is 6.92 Å². The molecule has 3 aromatic carbocycles. The van der Waals surface area contributed by atoms with Crippen molar-refractivity contribution in [3.8, 4) is 5.75 Å². The fourth-order valence-corrected chi connectivity index (χ4v) is 15.4. The molecule has 3 aliphatic heterocycles. The number of rotatable bonds is 21. The Kier molecular flexibility index (Phi) is 35.1. The summed E-state index contributed by atoms with van der Waals surface area (Å²) in [6.45, 7) is -0.379. The van der Waals surface area contributed by atoms with E-state index in [-0.39, 0.29) is 102 Å². The van der Waals surface area contributed by atoms with Crippen molar-refractivity contribution in [3.63, 3.8) is 0 Å². The van der Waals surface area contributed by atoms with Crippen LogP contribution in [-0.2, 0) is 101 Å². The van der Waals surface area contributed by atoms with Crippen LogP contribution >= 0.6 is 11.8 Å². The number of nitrogens with zero attached hydrogens (tertiary/aromatic N) is 5. The zero-order valence-electron chi connectivity index (χ0n) is 67.7. The van der Waals surface area contributed by atoms with Gasteiger partial charge in [0.05, 0.1) is 38.8 Å². The number of likely N-dealkylation sites (N-methyl/N-ethyl adjacent to an activating group) is 3. The Labute approximate surface area is 696 Å². The van der Waals surface area contributed by atoms with Crippen molar-refractivity contribution < 1.29 is 96.5 Å². The number of carboxylic acid groups (broad SMARTS) is 2. The van der Waals surface area contributed by atoms with Gasteiger partial charge in [0.1, 0.15) is 72.2 Å². The van der Waals surface area contributed by atoms with E-state index in [1.165, 1.54) is 28.3 Å². The molecule has 2 unspecified atom stereocenters. The first-order valence-electron chi connectivity index (χ1n) is 39.8. The zero-order chi connectivity index (χ0) is 87.4. The predicted molar refractivity (Wildman–Crippen MR) is 438 cm³/mol.